The molecule has 29 heavy (non-hydrogen) atoms. The monoisotopic (exact) mass is 394 g/mol. The van der Waals surface area contributed by atoms with Crippen molar-refractivity contribution in [3.05, 3.63) is 53.9 Å². The van der Waals surface area contributed by atoms with Gasteiger partial charge in [-0.15, -0.1) is 5.10 Å². The highest BCUT2D eigenvalue weighted by atomic mass is 16.5. The minimum Gasteiger partial charge on any atom is -0.378 e. The zero-order chi connectivity index (χ0) is 20.4. The number of nitrogens with two attached hydrogens (primary N) is 1. The number of fused-ring (bicyclic) bond motifs is 1. The number of primary amides is 1. The van der Waals surface area contributed by atoms with Gasteiger partial charge in [-0.2, -0.15) is 0 Å². The van der Waals surface area contributed by atoms with Crippen LogP contribution in [0.2, 0.25) is 0 Å². The van der Waals surface area contributed by atoms with Crippen LogP contribution in [0, 0.1) is 0 Å². The zero-order valence-electron chi connectivity index (χ0n) is 16.8. The van der Waals surface area contributed by atoms with Crippen LogP contribution in [0.25, 0.3) is 5.65 Å². The summed E-state index contributed by atoms with van der Waals surface area (Å²) < 4.78 is 7.11. The first-order valence-electron chi connectivity index (χ1n) is 9.86. The number of ether oxygens (including phenoxy) is 1. The standard InChI is InChI=1S/C21H26N6O2/c1-15(2)26(21-18(19(22)28)20-23-8-5-9-27(20)24-21)14-16-6-3-4-7-17(16)25-10-12-29-13-11-25/h3-9,15H,10-14H2,1-2H3,(H2,22,28). The molecule has 1 aromatic carbocycles. The minimum absolute atomic E-state index is 0.107. The van der Waals surface area contributed by atoms with E-state index in [9.17, 15) is 4.79 Å². The molecule has 0 saturated carbocycles. The third kappa shape index (κ3) is 3.75. The van der Waals surface area contributed by atoms with Crippen LogP contribution in [0.3, 0.4) is 0 Å². The molecule has 0 unspecified atom stereocenters. The Bertz CT molecular complexity index is 1010. The van der Waals surface area contributed by atoms with Crippen molar-refractivity contribution in [1.29, 1.82) is 0 Å². The van der Waals surface area contributed by atoms with Crippen molar-refractivity contribution < 1.29 is 9.53 Å². The molecule has 8 heteroatoms. The molecule has 2 N–H and O–H groups in total. The third-order valence-corrected chi connectivity index (χ3v) is 5.20. The summed E-state index contributed by atoms with van der Waals surface area (Å²) in [7, 11) is 0. The van der Waals surface area contributed by atoms with Crippen LogP contribution < -0.4 is 15.5 Å². The Morgan fingerprint density at radius 1 is 1.24 bits per heavy atom. The zero-order valence-corrected chi connectivity index (χ0v) is 16.8. The van der Waals surface area contributed by atoms with Crippen molar-refractivity contribution in [1.82, 2.24) is 14.6 Å². The number of amides is 1. The Morgan fingerprint density at radius 3 is 2.72 bits per heavy atom. The van der Waals surface area contributed by atoms with E-state index < -0.39 is 5.91 Å². The predicted octanol–water partition coefficient (Wildman–Crippen LogP) is 2.08. The van der Waals surface area contributed by atoms with E-state index in [0.29, 0.717) is 23.6 Å². The van der Waals surface area contributed by atoms with Crippen LogP contribution in [0.1, 0.15) is 29.8 Å². The maximum Gasteiger partial charge on any atom is 0.256 e. The molecule has 0 aliphatic carbocycles. The van der Waals surface area contributed by atoms with Gasteiger partial charge in [-0.25, -0.2) is 9.50 Å². The fourth-order valence-electron chi connectivity index (χ4n) is 3.74. The van der Waals surface area contributed by atoms with Crippen molar-refractivity contribution in [2.24, 2.45) is 5.73 Å². The van der Waals surface area contributed by atoms with Crippen LogP contribution in [0.4, 0.5) is 11.5 Å². The van der Waals surface area contributed by atoms with E-state index in [1.807, 2.05) is 6.07 Å². The largest absolute Gasteiger partial charge is 0.378 e. The summed E-state index contributed by atoms with van der Waals surface area (Å²) in [4.78, 5) is 21.0. The molecule has 3 heterocycles. The lowest BCUT2D eigenvalue weighted by atomic mass is 10.1. The van der Waals surface area contributed by atoms with Gasteiger partial charge in [0.2, 0.25) is 0 Å². The Morgan fingerprint density at radius 2 is 2.00 bits per heavy atom. The first-order valence-corrected chi connectivity index (χ1v) is 9.86. The molecule has 152 valence electrons. The SMILES string of the molecule is CC(C)N(Cc1ccccc1N1CCOCC1)c1nn2cccnc2c1C(N)=O. The number of hydrogen-bond acceptors (Lipinski definition) is 6. The van der Waals surface area contributed by atoms with Gasteiger partial charge in [-0.1, -0.05) is 18.2 Å². The highest BCUT2D eigenvalue weighted by Gasteiger charge is 2.26. The lowest BCUT2D eigenvalue weighted by molar-refractivity contribution is 0.100. The molecule has 4 rings (SSSR count). The van der Waals surface area contributed by atoms with Crippen LogP contribution in [-0.4, -0.2) is 52.9 Å². The summed E-state index contributed by atoms with van der Waals surface area (Å²) >= 11 is 0. The lowest BCUT2D eigenvalue weighted by Gasteiger charge is -2.33. The van der Waals surface area contributed by atoms with Crippen LogP contribution in [0.15, 0.2) is 42.7 Å². The maximum atomic E-state index is 12.3. The molecule has 0 radical (unpaired) electrons. The molecular weight excluding hydrogens is 368 g/mol. The van der Waals surface area contributed by atoms with Gasteiger partial charge in [-0.05, 0) is 31.5 Å². The van der Waals surface area contributed by atoms with Gasteiger partial charge in [0, 0.05) is 43.8 Å². The molecule has 3 aromatic rings. The van der Waals surface area contributed by atoms with E-state index in [0.717, 1.165) is 26.3 Å². The summed E-state index contributed by atoms with van der Waals surface area (Å²) in [6.07, 6.45) is 3.42. The fraction of sp³-hybridized carbons (Fsp3) is 0.381. The molecule has 1 saturated heterocycles. The summed E-state index contributed by atoms with van der Waals surface area (Å²) in [5.41, 5.74) is 8.90. The minimum atomic E-state index is -0.527. The average Bonchev–Trinajstić information content (AvgIpc) is 3.12. The summed E-state index contributed by atoms with van der Waals surface area (Å²) in [6.45, 7) is 7.96. The third-order valence-electron chi connectivity index (χ3n) is 5.20. The van der Waals surface area contributed by atoms with Crippen LogP contribution in [-0.2, 0) is 11.3 Å². The molecule has 1 fully saturated rings. The molecule has 2 aromatic heterocycles. The number of carbonyl (C=O) groups is 1. The molecule has 8 nitrogen and oxygen atoms in total. The lowest BCUT2D eigenvalue weighted by Crippen LogP contribution is -2.38. The maximum absolute atomic E-state index is 12.3. The van der Waals surface area contributed by atoms with Crippen molar-refractivity contribution in [3.63, 3.8) is 0 Å². The van der Waals surface area contributed by atoms with Gasteiger partial charge in [0.1, 0.15) is 5.56 Å². The second-order valence-electron chi connectivity index (χ2n) is 7.40. The average molecular weight is 394 g/mol. The quantitative estimate of drug-likeness (QED) is 0.689. The van der Waals surface area contributed by atoms with Crippen LogP contribution >= 0.6 is 0 Å². The Hall–Kier alpha value is -3.13. The van der Waals surface area contributed by atoms with Gasteiger partial charge in [-0.3, -0.25) is 4.79 Å². The Kier molecular flexibility index (Phi) is 5.35. The normalized spacial score (nSPS) is 14.5. The molecule has 0 bridgehead atoms. The number of carbonyl (C=O) groups excluding carboxylic acids is 1. The number of morpholine rings is 1. The van der Waals surface area contributed by atoms with Gasteiger partial charge in [0.25, 0.3) is 5.91 Å². The molecule has 1 amide bonds. The van der Waals surface area contributed by atoms with Gasteiger partial charge in [0.15, 0.2) is 11.5 Å². The highest BCUT2D eigenvalue weighted by Crippen LogP contribution is 2.29. The number of benzene rings is 1. The number of hydrogen-bond donors (Lipinski definition) is 1. The van der Waals surface area contributed by atoms with Gasteiger partial charge < -0.3 is 20.3 Å². The van der Waals surface area contributed by atoms with E-state index in [-0.39, 0.29) is 6.04 Å². The number of aromatic nitrogens is 3. The van der Waals surface area contributed by atoms with Crippen LogP contribution in [0.5, 0.6) is 0 Å². The summed E-state index contributed by atoms with van der Waals surface area (Å²) in [5, 5.41) is 4.64. The second-order valence-corrected chi connectivity index (χ2v) is 7.40. The summed E-state index contributed by atoms with van der Waals surface area (Å²) in [5.74, 6) is 0.0313. The number of para-hydroxylation sites is 1. The first kappa shape index (κ1) is 19.2. The van der Waals surface area contributed by atoms with Crippen molar-refractivity contribution in [3.8, 4) is 0 Å². The number of nitrogens with zero attached hydrogens (tertiary/aromatic N) is 5. The van der Waals surface area contributed by atoms with E-state index in [4.69, 9.17) is 10.5 Å². The van der Waals surface area contributed by atoms with E-state index in [2.05, 4.69) is 51.9 Å². The van der Waals surface area contributed by atoms with E-state index in [1.165, 1.54) is 11.3 Å². The smallest absolute Gasteiger partial charge is 0.256 e. The molecule has 0 spiro atoms. The topological polar surface area (TPSA) is 89.0 Å². The number of anilines is 2. The molecule has 1 aliphatic heterocycles. The molecular formula is C21H26N6O2. The van der Waals surface area contributed by atoms with E-state index in [1.54, 1.807) is 23.0 Å². The Labute approximate surface area is 169 Å². The number of rotatable bonds is 6. The van der Waals surface area contributed by atoms with Crippen molar-refractivity contribution in [2.75, 3.05) is 36.1 Å². The fourth-order valence-corrected chi connectivity index (χ4v) is 3.74. The predicted molar refractivity (Wildman–Crippen MR) is 112 cm³/mol. The molecule has 0 atom stereocenters. The van der Waals surface area contributed by atoms with Gasteiger partial charge >= 0.3 is 0 Å². The summed E-state index contributed by atoms with van der Waals surface area (Å²) in [6, 6.07) is 10.2. The first-order chi connectivity index (χ1) is 14.1. The Balaban J connectivity index is 1.75. The second kappa shape index (κ2) is 8.08. The van der Waals surface area contributed by atoms with E-state index >= 15 is 0 Å². The molecule has 1 aliphatic rings. The van der Waals surface area contributed by atoms with Crippen molar-refractivity contribution in [2.45, 2.75) is 26.4 Å². The van der Waals surface area contributed by atoms with Gasteiger partial charge in [0.05, 0.1) is 13.2 Å². The highest BCUT2D eigenvalue weighted by molar-refractivity contribution is 6.03. The van der Waals surface area contributed by atoms with Crippen molar-refractivity contribution >= 4 is 23.1 Å².